The number of benzene rings is 2. The molecule has 4 heteroatoms. The Labute approximate surface area is 124 Å². The molecule has 0 atom stereocenters. The van der Waals surface area contributed by atoms with Crippen molar-refractivity contribution < 1.29 is 0 Å². The third kappa shape index (κ3) is 3.39. The van der Waals surface area contributed by atoms with E-state index in [0.29, 0.717) is 10.9 Å². The monoisotopic (exact) mass is 286 g/mol. The van der Waals surface area contributed by atoms with Gasteiger partial charge in [0.2, 0.25) is 0 Å². The molecule has 0 amide bonds. The number of anilines is 1. The van der Waals surface area contributed by atoms with Gasteiger partial charge in [-0.3, -0.25) is 0 Å². The Hall–Kier alpha value is -1.81. The van der Waals surface area contributed by atoms with E-state index in [4.69, 9.17) is 0 Å². The minimum Gasteiger partial charge on any atom is -0.317 e. The Kier molecular flexibility index (Phi) is 4.79. The van der Waals surface area contributed by atoms with Gasteiger partial charge in [0.15, 0.2) is 0 Å². The molecule has 0 aliphatic carbocycles. The summed E-state index contributed by atoms with van der Waals surface area (Å²) in [6.45, 7) is 4.24. The number of nitrogens with zero attached hydrogens (tertiary/aromatic N) is 2. The van der Waals surface area contributed by atoms with Crippen molar-refractivity contribution in [3.8, 4) is 11.1 Å². The molecule has 0 bridgehead atoms. The SMILES string of the molecule is CC(C)SN(C)c1ccc(-c2ccccc2)cc1N=O. The molecule has 2 aromatic rings. The number of hydrogen-bond donors (Lipinski definition) is 0. The van der Waals surface area contributed by atoms with Gasteiger partial charge in [-0.25, -0.2) is 0 Å². The smallest absolute Gasteiger partial charge is 0.132 e. The van der Waals surface area contributed by atoms with Crippen molar-refractivity contribution in [2.75, 3.05) is 11.4 Å². The predicted octanol–water partition coefficient (Wildman–Crippen LogP) is 5.24. The molecule has 104 valence electrons. The average Bonchev–Trinajstić information content (AvgIpc) is 2.46. The molecular weight excluding hydrogens is 268 g/mol. The van der Waals surface area contributed by atoms with E-state index in [1.807, 2.05) is 59.9 Å². The van der Waals surface area contributed by atoms with Crippen molar-refractivity contribution in [3.05, 3.63) is 53.4 Å². The first-order chi connectivity index (χ1) is 9.61. The van der Waals surface area contributed by atoms with E-state index in [2.05, 4.69) is 19.0 Å². The van der Waals surface area contributed by atoms with Gasteiger partial charge in [-0.15, -0.1) is 4.91 Å². The van der Waals surface area contributed by atoms with Crippen LogP contribution in [0.1, 0.15) is 13.8 Å². The summed E-state index contributed by atoms with van der Waals surface area (Å²) in [4.78, 5) is 11.1. The van der Waals surface area contributed by atoms with Gasteiger partial charge >= 0.3 is 0 Å². The third-order valence-corrected chi connectivity index (χ3v) is 3.82. The highest BCUT2D eigenvalue weighted by atomic mass is 32.2. The largest absolute Gasteiger partial charge is 0.317 e. The van der Waals surface area contributed by atoms with Gasteiger partial charge in [-0.2, -0.15) is 0 Å². The number of hydrogen-bond acceptors (Lipinski definition) is 4. The maximum Gasteiger partial charge on any atom is 0.132 e. The van der Waals surface area contributed by atoms with Gasteiger partial charge in [0, 0.05) is 12.3 Å². The van der Waals surface area contributed by atoms with E-state index >= 15 is 0 Å². The summed E-state index contributed by atoms with van der Waals surface area (Å²) in [5, 5.41) is 3.63. The summed E-state index contributed by atoms with van der Waals surface area (Å²) in [6.07, 6.45) is 0. The zero-order chi connectivity index (χ0) is 14.5. The molecule has 2 aromatic carbocycles. The molecule has 0 radical (unpaired) electrons. The van der Waals surface area contributed by atoms with Gasteiger partial charge in [0.25, 0.3) is 0 Å². The summed E-state index contributed by atoms with van der Waals surface area (Å²) >= 11 is 1.67. The first-order valence-electron chi connectivity index (χ1n) is 6.55. The lowest BCUT2D eigenvalue weighted by molar-refractivity contribution is 1.10. The minimum atomic E-state index is 0.452. The lowest BCUT2D eigenvalue weighted by Crippen LogP contribution is -2.10. The minimum absolute atomic E-state index is 0.452. The van der Waals surface area contributed by atoms with Crippen LogP contribution >= 0.6 is 11.9 Å². The van der Waals surface area contributed by atoms with E-state index in [0.717, 1.165) is 16.8 Å². The van der Waals surface area contributed by atoms with E-state index in [1.54, 1.807) is 11.9 Å². The van der Waals surface area contributed by atoms with E-state index in [1.165, 1.54) is 0 Å². The zero-order valence-corrected chi connectivity index (χ0v) is 12.7. The Balaban J connectivity index is 2.36. The molecular formula is C16H18N2OS. The molecule has 0 spiro atoms. The van der Waals surface area contributed by atoms with Crippen molar-refractivity contribution in [2.45, 2.75) is 19.1 Å². The van der Waals surface area contributed by atoms with Crippen molar-refractivity contribution >= 4 is 23.3 Å². The van der Waals surface area contributed by atoms with E-state index in [-0.39, 0.29) is 0 Å². The summed E-state index contributed by atoms with van der Waals surface area (Å²) < 4.78 is 2.00. The Morgan fingerprint density at radius 2 is 1.75 bits per heavy atom. The molecule has 0 aliphatic rings. The van der Waals surface area contributed by atoms with E-state index < -0.39 is 0 Å². The fourth-order valence-corrected chi connectivity index (χ4v) is 2.95. The second-order valence-corrected chi connectivity index (χ2v) is 6.51. The molecule has 0 aliphatic heterocycles. The molecule has 0 N–H and O–H groups in total. The number of nitroso groups, excluding NO2 is 1. The normalized spacial score (nSPS) is 10.6. The lowest BCUT2D eigenvalue weighted by atomic mass is 10.0. The van der Waals surface area contributed by atoms with E-state index in [9.17, 15) is 4.91 Å². The van der Waals surface area contributed by atoms with Gasteiger partial charge in [0.05, 0.1) is 5.69 Å². The second kappa shape index (κ2) is 6.57. The van der Waals surface area contributed by atoms with Crippen LogP contribution in [-0.4, -0.2) is 12.3 Å². The van der Waals surface area contributed by atoms with Gasteiger partial charge in [-0.05, 0) is 40.4 Å². The fourth-order valence-electron chi connectivity index (χ4n) is 2.05. The Morgan fingerprint density at radius 1 is 1.05 bits per heavy atom. The fraction of sp³-hybridized carbons (Fsp3) is 0.250. The highest BCUT2D eigenvalue weighted by molar-refractivity contribution is 8.01. The van der Waals surface area contributed by atoms with Crippen LogP contribution in [0.4, 0.5) is 11.4 Å². The van der Waals surface area contributed by atoms with Crippen molar-refractivity contribution in [1.82, 2.24) is 0 Å². The van der Waals surface area contributed by atoms with Crippen LogP contribution in [0.15, 0.2) is 53.7 Å². The highest BCUT2D eigenvalue weighted by Gasteiger charge is 2.11. The zero-order valence-electron chi connectivity index (χ0n) is 11.9. The lowest BCUT2D eigenvalue weighted by Gasteiger charge is -2.21. The third-order valence-electron chi connectivity index (χ3n) is 2.89. The average molecular weight is 286 g/mol. The van der Waals surface area contributed by atoms with Crippen LogP contribution in [-0.2, 0) is 0 Å². The molecule has 0 unspecified atom stereocenters. The van der Waals surface area contributed by atoms with Crippen LogP contribution in [0.25, 0.3) is 11.1 Å². The summed E-state index contributed by atoms with van der Waals surface area (Å²) in [6, 6.07) is 15.8. The van der Waals surface area contributed by atoms with Crippen LogP contribution in [0, 0.1) is 4.91 Å². The summed E-state index contributed by atoms with van der Waals surface area (Å²) in [5.74, 6) is 0. The first kappa shape index (κ1) is 14.6. The van der Waals surface area contributed by atoms with Crippen LogP contribution in [0.2, 0.25) is 0 Å². The first-order valence-corrected chi connectivity index (χ1v) is 7.39. The van der Waals surface area contributed by atoms with Crippen molar-refractivity contribution in [2.24, 2.45) is 5.18 Å². The molecule has 20 heavy (non-hydrogen) atoms. The van der Waals surface area contributed by atoms with Crippen LogP contribution in [0.5, 0.6) is 0 Å². The molecule has 0 heterocycles. The Morgan fingerprint density at radius 3 is 2.35 bits per heavy atom. The van der Waals surface area contributed by atoms with Gasteiger partial charge < -0.3 is 4.31 Å². The molecule has 0 saturated heterocycles. The molecule has 0 aromatic heterocycles. The molecule has 2 rings (SSSR count). The summed E-state index contributed by atoms with van der Waals surface area (Å²) in [5.41, 5.74) is 3.41. The molecule has 3 nitrogen and oxygen atoms in total. The standard InChI is InChI=1S/C16H18N2OS/c1-12(2)20-18(3)16-10-9-14(11-15(16)17-19)13-7-5-4-6-8-13/h4-12H,1-3H3. The number of rotatable bonds is 5. The quantitative estimate of drug-likeness (QED) is 0.556. The predicted molar refractivity (Wildman–Crippen MR) is 88.5 cm³/mol. The van der Waals surface area contributed by atoms with Crippen molar-refractivity contribution in [3.63, 3.8) is 0 Å². The van der Waals surface area contributed by atoms with Crippen LogP contribution < -0.4 is 4.31 Å². The maximum atomic E-state index is 11.1. The molecule has 0 saturated carbocycles. The molecule has 0 fully saturated rings. The topological polar surface area (TPSA) is 32.7 Å². The van der Waals surface area contributed by atoms with Crippen molar-refractivity contribution in [1.29, 1.82) is 0 Å². The second-order valence-electron chi connectivity index (χ2n) is 4.81. The highest BCUT2D eigenvalue weighted by Crippen LogP contribution is 2.36. The Bertz CT molecular complexity index is 584. The van der Waals surface area contributed by atoms with Crippen LogP contribution in [0.3, 0.4) is 0 Å². The van der Waals surface area contributed by atoms with Gasteiger partial charge in [0.1, 0.15) is 5.69 Å². The summed E-state index contributed by atoms with van der Waals surface area (Å²) in [7, 11) is 1.96. The van der Waals surface area contributed by atoms with Gasteiger partial charge in [-0.1, -0.05) is 50.2 Å². The maximum absolute atomic E-state index is 11.1.